The van der Waals surface area contributed by atoms with Crippen LogP contribution in [0.15, 0.2) is 103 Å². The Morgan fingerprint density at radius 3 is 2.14 bits per heavy atom. The number of hydrogen-bond acceptors (Lipinski definition) is 4. The second kappa shape index (κ2) is 12.4. The Morgan fingerprint density at radius 2 is 1.49 bits per heavy atom. The van der Waals surface area contributed by atoms with Crippen molar-refractivity contribution in [1.82, 2.24) is 0 Å². The standard InChI is InChI=1S/C30H22ClFN2O3/c31-29-4-2-1-3-23(29)20-37-28-15-11-26(12-16-28)34-30(35)24(18-33)17-21-7-13-27(14-8-21)36-19-22-5-9-25(32)10-6-22/h1-17H,19-20H2,(H,34,35)/b24-17+. The van der Waals surface area contributed by atoms with E-state index in [0.29, 0.717) is 41.0 Å². The number of rotatable bonds is 9. The maximum atomic E-state index is 13.0. The Hall–Kier alpha value is -4.60. The molecule has 1 N–H and O–H groups in total. The lowest BCUT2D eigenvalue weighted by Gasteiger charge is -2.09. The van der Waals surface area contributed by atoms with Crippen molar-refractivity contribution in [2.75, 3.05) is 5.32 Å². The zero-order chi connectivity index (χ0) is 26.0. The lowest BCUT2D eigenvalue weighted by Crippen LogP contribution is -2.13. The van der Waals surface area contributed by atoms with Gasteiger partial charge in [0.2, 0.25) is 0 Å². The topological polar surface area (TPSA) is 71.3 Å². The van der Waals surface area contributed by atoms with Gasteiger partial charge in [0, 0.05) is 16.3 Å². The van der Waals surface area contributed by atoms with Crippen molar-refractivity contribution in [1.29, 1.82) is 5.26 Å². The lowest BCUT2D eigenvalue weighted by molar-refractivity contribution is -0.112. The summed E-state index contributed by atoms with van der Waals surface area (Å²) in [6.45, 7) is 0.619. The normalized spacial score (nSPS) is 10.9. The van der Waals surface area contributed by atoms with Crippen molar-refractivity contribution in [3.05, 3.63) is 130 Å². The molecule has 0 heterocycles. The van der Waals surface area contributed by atoms with Crippen molar-refractivity contribution in [3.8, 4) is 17.6 Å². The van der Waals surface area contributed by atoms with E-state index in [0.717, 1.165) is 11.1 Å². The smallest absolute Gasteiger partial charge is 0.266 e. The summed E-state index contributed by atoms with van der Waals surface area (Å²) < 4.78 is 24.5. The summed E-state index contributed by atoms with van der Waals surface area (Å²) in [6.07, 6.45) is 1.50. The molecule has 0 aliphatic rings. The van der Waals surface area contributed by atoms with Crippen LogP contribution in [0.5, 0.6) is 11.5 Å². The highest BCUT2D eigenvalue weighted by Gasteiger charge is 2.10. The van der Waals surface area contributed by atoms with Gasteiger partial charge in [0.1, 0.15) is 42.2 Å². The Labute approximate surface area is 219 Å². The van der Waals surface area contributed by atoms with Crippen LogP contribution in [-0.4, -0.2) is 5.91 Å². The van der Waals surface area contributed by atoms with E-state index in [2.05, 4.69) is 5.32 Å². The molecule has 0 fully saturated rings. The number of amides is 1. The van der Waals surface area contributed by atoms with Crippen LogP contribution in [0, 0.1) is 17.1 Å². The van der Waals surface area contributed by atoms with Crippen LogP contribution in [0.4, 0.5) is 10.1 Å². The van der Waals surface area contributed by atoms with Gasteiger partial charge >= 0.3 is 0 Å². The highest BCUT2D eigenvalue weighted by molar-refractivity contribution is 6.31. The minimum Gasteiger partial charge on any atom is -0.489 e. The van der Waals surface area contributed by atoms with Crippen LogP contribution >= 0.6 is 11.6 Å². The van der Waals surface area contributed by atoms with Crippen molar-refractivity contribution >= 4 is 29.3 Å². The third kappa shape index (κ3) is 7.44. The van der Waals surface area contributed by atoms with Crippen molar-refractivity contribution in [3.63, 3.8) is 0 Å². The molecule has 5 nitrogen and oxygen atoms in total. The van der Waals surface area contributed by atoms with Gasteiger partial charge in [0.15, 0.2) is 0 Å². The monoisotopic (exact) mass is 512 g/mol. The lowest BCUT2D eigenvalue weighted by atomic mass is 10.1. The third-order valence-corrected chi connectivity index (χ3v) is 5.71. The second-order valence-corrected chi connectivity index (χ2v) is 8.42. The maximum Gasteiger partial charge on any atom is 0.266 e. The van der Waals surface area contributed by atoms with Gasteiger partial charge in [0.25, 0.3) is 5.91 Å². The van der Waals surface area contributed by atoms with Crippen LogP contribution in [-0.2, 0) is 18.0 Å². The van der Waals surface area contributed by atoms with Crippen LogP contribution in [0.25, 0.3) is 6.08 Å². The molecular formula is C30H22ClFN2O3. The number of halogens is 2. The SMILES string of the molecule is N#C/C(=C\c1ccc(OCc2ccc(F)cc2)cc1)C(=O)Nc1ccc(OCc2ccccc2Cl)cc1. The van der Waals surface area contributed by atoms with E-state index in [9.17, 15) is 14.4 Å². The van der Waals surface area contributed by atoms with Gasteiger partial charge in [-0.25, -0.2) is 4.39 Å². The molecule has 0 aliphatic carbocycles. The molecule has 0 atom stereocenters. The van der Waals surface area contributed by atoms with E-state index in [1.165, 1.54) is 18.2 Å². The van der Waals surface area contributed by atoms with Crippen LogP contribution in [0.1, 0.15) is 16.7 Å². The minimum atomic E-state index is -0.524. The van der Waals surface area contributed by atoms with E-state index in [4.69, 9.17) is 21.1 Å². The molecule has 37 heavy (non-hydrogen) atoms. The number of carbonyl (C=O) groups excluding carboxylic acids is 1. The molecule has 0 bridgehead atoms. The Bertz CT molecular complexity index is 1430. The first-order chi connectivity index (χ1) is 18.0. The molecule has 0 saturated heterocycles. The Morgan fingerprint density at radius 1 is 0.865 bits per heavy atom. The number of nitrogens with zero attached hydrogens (tertiary/aromatic N) is 1. The number of benzene rings is 4. The van der Waals surface area contributed by atoms with E-state index in [1.54, 1.807) is 66.7 Å². The highest BCUT2D eigenvalue weighted by atomic mass is 35.5. The quantitative estimate of drug-likeness (QED) is 0.190. The number of nitrogens with one attached hydrogen (secondary N) is 1. The number of nitriles is 1. The zero-order valence-corrected chi connectivity index (χ0v) is 20.4. The molecule has 7 heteroatoms. The van der Waals surface area contributed by atoms with Gasteiger partial charge < -0.3 is 14.8 Å². The molecule has 184 valence electrons. The fraction of sp³-hybridized carbons (Fsp3) is 0.0667. The van der Waals surface area contributed by atoms with Crippen molar-refractivity contribution in [2.24, 2.45) is 0 Å². The number of hydrogen-bond donors (Lipinski definition) is 1. The molecule has 0 unspecified atom stereocenters. The predicted octanol–water partition coefficient (Wildman–Crippen LogP) is 7.18. The molecule has 0 spiro atoms. The summed E-state index contributed by atoms with van der Waals surface area (Å²) in [5, 5.41) is 12.9. The molecule has 0 aliphatic heterocycles. The van der Waals surface area contributed by atoms with E-state index >= 15 is 0 Å². The third-order valence-electron chi connectivity index (χ3n) is 5.34. The number of carbonyl (C=O) groups is 1. The fourth-order valence-corrected chi connectivity index (χ4v) is 3.52. The van der Waals surface area contributed by atoms with E-state index in [-0.39, 0.29) is 11.4 Å². The van der Waals surface area contributed by atoms with Crippen molar-refractivity contribution < 1.29 is 18.7 Å². The summed E-state index contributed by atoms with van der Waals surface area (Å²) in [5.74, 6) is 0.411. The summed E-state index contributed by atoms with van der Waals surface area (Å²) >= 11 is 6.15. The molecule has 0 radical (unpaired) electrons. The largest absolute Gasteiger partial charge is 0.489 e. The van der Waals surface area contributed by atoms with Gasteiger partial charge in [-0.3, -0.25) is 4.79 Å². The fourth-order valence-electron chi connectivity index (χ4n) is 3.33. The molecule has 0 aromatic heterocycles. The van der Waals surface area contributed by atoms with Gasteiger partial charge in [-0.05, 0) is 71.8 Å². The van der Waals surface area contributed by atoms with Crippen LogP contribution in [0.2, 0.25) is 5.02 Å². The average Bonchev–Trinajstić information content (AvgIpc) is 2.92. The molecular weight excluding hydrogens is 491 g/mol. The first-order valence-corrected chi connectivity index (χ1v) is 11.7. The summed E-state index contributed by atoms with van der Waals surface area (Å²) in [6, 6.07) is 29.3. The van der Waals surface area contributed by atoms with E-state index in [1.807, 2.05) is 24.3 Å². The van der Waals surface area contributed by atoms with Crippen LogP contribution < -0.4 is 14.8 Å². The number of anilines is 1. The van der Waals surface area contributed by atoms with Gasteiger partial charge in [-0.2, -0.15) is 5.26 Å². The molecule has 4 aromatic rings. The predicted molar refractivity (Wildman–Crippen MR) is 142 cm³/mol. The zero-order valence-electron chi connectivity index (χ0n) is 19.7. The minimum absolute atomic E-state index is 0.0426. The van der Waals surface area contributed by atoms with Crippen molar-refractivity contribution in [2.45, 2.75) is 13.2 Å². The summed E-state index contributed by atoms with van der Waals surface area (Å²) in [4.78, 5) is 12.6. The molecule has 1 amide bonds. The summed E-state index contributed by atoms with van der Waals surface area (Å²) in [5.41, 5.74) is 2.87. The van der Waals surface area contributed by atoms with Crippen LogP contribution in [0.3, 0.4) is 0 Å². The molecule has 4 rings (SSSR count). The highest BCUT2D eigenvalue weighted by Crippen LogP contribution is 2.21. The Kier molecular flexibility index (Phi) is 8.53. The van der Waals surface area contributed by atoms with Gasteiger partial charge in [0.05, 0.1) is 0 Å². The molecule has 4 aromatic carbocycles. The van der Waals surface area contributed by atoms with Gasteiger partial charge in [-0.1, -0.05) is 54.1 Å². The second-order valence-electron chi connectivity index (χ2n) is 8.01. The maximum absolute atomic E-state index is 13.0. The molecule has 0 saturated carbocycles. The summed E-state index contributed by atoms with van der Waals surface area (Å²) in [7, 11) is 0. The number of ether oxygens (including phenoxy) is 2. The Balaban J connectivity index is 1.32. The first-order valence-electron chi connectivity index (χ1n) is 11.4. The van der Waals surface area contributed by atoms with E-state index < -0.39 is 5.91 Å². The van der Waals surface area contributed by atoms with Gasteiger partial charge in [-0.15, -0.1) is 0 Å². The first kappa shape index (κ1) is 25.5. The average molecular weight is 513 g/mol.